The van der Waals surface area contributed by atoms with E-state index < -0.39 is 0 Å². The molecular formula is C20H23N5O3S. The number of nitrogens with one attached hydrogen (secondary N) is 1. The number of anilines is 3. The summed E-state index contributed by atoms with van der Waals surface area (Å²) in [5.74, 6) is 1.28. The van der Waals surface area contributed by atoms with Crippen LogP contribution in [0.1, 0.15) is 10.7 Å². The highest BCUT2D eigenvalue weighted by atomic mass is 32.1. The number of ether oxygens (including phenoxy) is 2. The Bertz CT molecular complexity index is 988. The van der Waals surface area contributed by atoms with Crippen molar-refractivity contribution in [2.45, 2.75) is 13.5 Å². The van der Waals surface area contributed by atoms with Crippen molar-refractivity contribution < 1.29 is 14.6 Å². The van der Waals surface area contributed by atoms with E-state index in [1.54, 1.807) is 13.3 Å². The number of aliphatic hydroxyl groups excluding tert-OH is 1. The third-order valence-corrected chi connectivity index (χ3v) is 5.82. The van der Waals surface area contributed by atoms with Crippen LogP contribution in [0.15, 0.2) is 30.5 Å². The number of hydrogen-bond acceptors (Lipinski definition) is 9. The maximum Gasteiger partial charge on any atom is 0.227 e. The molecule has 0 bridgehead atoms. The molecular weight excluding hydrogens is 390 g/mol. The van der Waals surface area contributed by atoms with Crippen LogP contribution in [0.5, 0.6) is 5.75 Å². The van der Waals surface area contributed by atoms with E-state index in [1.165, 1.54) is 11.3 Å². The molecule has 2 N–H and O–H groups in total. The van der Waals surface area contributed by atoms with E-state index in [0.29, 0.717) is 11.0 Å². The van der Waals surface area contributed by atoms with Crippen molar-refractivity contribution in [1.82, 2.24) is 15.0 Å². The van der Waals surface area contributed by atoms with Crippen LogP contribution in [-0.2, 0) is 11.3 Å². The quantitative estimate of drug-likeness (QED) is 0.637. The van der Waals surface area contributed by atoms with Gasteiger partial charge in [-0.05, 0) is 25.1 Å². The molecule has 0 amide bonds. The van der Waals surface area contributed by atoms with Gasteiger partial charge >= 0.3 is 0 Å². The molecule has 152 valence electrons. The smallest absolute Gasteiger partial charge is 0.227 e. The van der Waals surface area contributed by atoms with E-state index in [1.807, 2.05) is 31.2 Å². The Labute approximate surface area is 173 Å². The molecule has 0 atom stereocenters. The van der Waals surface area contributed by atoms with Crippen LogP contribution in [0.2, 0.25) is 0 Å². The van der Waals surface area contributed by atoms with E-state index in [4.69, 9.17) is 9.47 Å². The molecule has 1 fully saturated rings. The summed E-state index contributed by atoms with van der Waals surface area (Å²) in [6.45, 7) is 4.97. The average molecular weight is 414 g/mol. The highest BCUT2D eigenvalue weighted by molar-refractivity contribution is 7.15. The molecule has 0 unspecified atom stereocenters. The fourth-order valence-electron chi connectivity index (χ4n) is 3.25. The van der Waals surface area contributed by atoms with Gasteiger partial charge in [-0.15, -0.1) is 11.3 Å². The van der Waals surface area contributed by atoms with Gasteiger partial charge in [0.15, 0.2) is 0 Å². The monoisotopic (exact) mass is 413 g/mol. The van der Waals surface area contributed by atoms with Crippen LogP contribution in [0.4, 0.5) is 17.3 Å². The van der Waals surface area contributed by atoms with Gasteiger partial charge in [0, 0.05) is 31.0 Å². The minimum Gasteiger partial charge on any atom is -0.495 e. The lowest BCUT2D eigenvalue weighted by Gasteiger charge is -2.30. The second-order valence-corrected chi connectivity index (χ2v) is 7.64. The van der Waals surface area contributed by atoms with Gasteiger partial charge in [0.05, 0.1) is 48.9 Å². The Morgan fingerprint density at radius 1 is 1.24 bits per heavy atom. The van der Waals surface area contributed by atoms with Crippen molar-refractivity contribution in [3.63, 3.8) is 0 Å². The van der Waals surface area contributed by atoms with Gasteiger partial charge in [0.1, 0.15) is 10.8 Å². The summed E-state index contributed by atoms with van der Waals surface area (Å²) in [6, 6.07) is 7.82. The molecule has 0 aliphatic carbocycles. The first-order valence-corrected chi connectivity index (χ1v) is 10.2. The summed E-state index contributed by atoms with van der Waals surface area (Å²) < 4.78 is 11.0. The number of hydrogen-bond donors (Lipinski definition) is 2. The van der Waals surface area contributed by atoms with Crippen molar-refractivity contribution in [2.75, 3.05) is 43.6 Å². The van der Waals surface area contributed by atoms with Crippen LogP contribution in [0, 0.1) is 6.92 Å². The Kier molecular flexibility index (Phi) is 5.89. The Hall–Kier alpha value is -2.75. The minimum atomic E-state index is -0.0724. The number of aliphatic hydroxyl groups is 1. The van der Waals surface area contributed by atoms with E-state index in [2.05, 4.69) is 25.2 Å². The number of aryl methyl sites for hydroxylation is 1. The van der Waals surface area contributed by atoms with Gasteiger partial charge in [0.2, 0.25) is 5.95 Å². The first-order chi connectivity index (χ1) is 14.2. The molecule has 1 aromatic carbocycles. The Morgan fingerprint density at radius 2 is 2.07 bits per heavy atom. The molecule has 9 heteroatoms. The lowest BCUT2D eigenvalue weighted by molar-refractivity contribution is 0.122. The third kappa shape index (κ3) is 4.31. The number of benzene rings is 1. The van der Waals surface area contributed by atoms with Crippen LogP contribution in [-0.4, -0.2) is 53.5 Å². The minimum absolute atomic E-state index is 0.0724. The van der Waals surface area contributed by atoms with Crippen LogP contribution in [0.25, 0.3) is 10.6 Å². The maximum atomic E-state index is 9.32. The average Bonchev–Trinajstić information content (AvgIpc) is 3.15. The van der Waals surface area contributed by atoms with E-state index in [9.17, 15) is 5.11 Å². The van der Waals surface area contributed by atoms with Gasteiger partial charge < -0.3 is 24.8 Å². The van der Waals surface area contributed by atoms with Crippen molar-refractivity contribution in [3.8, 4) is 16.3 Å². The van der Waals surface area contributed by atoms with Gasteiger partial charge in [-0.3, -0.25) is 0 Å². The number of thiazole rings is 1. The van der Waals surface area contributed by atoms with Crippen LogP contribution in [0.3, 0.4) is 0 Å². The zero-order chi connectivity index (χ0) is 20.2. The van der Waals surface area contributed by atoms with Gasteiger partial charge in [-0.2, -0.15) is 0 Å². The van der Waals surface area contributed by atoms with Crippen molar-refractivity contribution in [3.05, 3.63) is 41.2 Å². The first-order valence-electron chi connectivity index (χ1n) is 9.36. The number of rotatable bonds is 6. The normalized spacial score (nSPS) is 14.1. The maximum absolute atomic E-state index is 9.32. The van der Waals surface area contributed by atoms with Crippen molar-refractivity contribution in [2.24, 2.45) is 0 Å². The van der Waals surface area contributed by atoms with Gasteiger partial charge in [-0.1, -0.05) is 0 Å². The zero-order valence-corrected chi connectivity index (χ0v) is 17.2. The van der Waals surface area contributed by atoms with E-state index in [0.717, 1.165) is 59.7 Å². The molecule has 4 rings (SSSR count). The Morgan fingerprint density at radius 3 is 2.79 bits per heavy atom. The summed E-state index contributed by atoms with van der Waals surface area (Å²) in [5.41, 5.74) is 3.51. The van der Waals surface area contributed by atoms with Crippen molar-refractivity contribution in [1.29, 1.82) is 0 Å². The first kappa shape index (κ1) is 19.6. The molecule has 3 aromatic rings. The SMILES string of the molecule is COc1cc(Nc2nccc(-c3sc(CO)nc3C)n2)ccc1N1CCOCC1. The predicted octanol–water partition coefficient (Wildman–Crippen LogP) is 2.99. The molecule has 2 aromatic heterocycles. The molecule has 0 spiro atoms. The summed E-state index contributed by atoms with van der Waals surface area (Å²) in [4.78, 5) is 16.5. The molecule has 0 saturated carbocycles. The molecule has 8 nitrogen and oxygen atoms in total. The number of morpholine rings is 1. The Balaban J connectivity index is 1.57. The second-order valence-electron chi connectivity index (χ2n) is 6.56. The molecule has 29 heavy (non-hydrogen) atoms. The third-order valence-electron chi connectivity index (χ3n) is 4.65. The largest absolute Gasteiger partial charge is 0.495 e. The van der Waals surface area contributed by atoms with E-state index >= 15 is 0 Å². The number of nitrogens with zero attached hydrogens (tertiary/aromatic N) is 4. The second kappa shape index (κ2) is 8.73. The molecule has 1 aliphatic rings. The summed E-state index contributed by atoms with van der Waals surface area (Å²) in [6.07, 6.45) is 1.71. The lowest BCUT2D eigenvalue weighted by atomic mass is 10.2. The van der Waals surface area contributed by atoms with Gasteiger partial charge in [-0.25, -0.2) is 15.0 Å². The molecule has 1 saturated heterocycles. The van der Waals surface area contributed by atoms with Crippen molar-refractivity contribution >= 4 is 28.7 Å². The fraction of sp³-hybridized carbons (Fsp3) is 0.350. The van der Waals surface area contributed by atoms with Crippen LogP contribution >= 0.6 is 11.3 Å². The van der Waals surface area contributed by atoms with Crippen LogP contribution < -0.4 is 15.0 Å². The molecule has 3 heterocycles. The summed E-state index contributed by atoms with van der Waals surface area (Å²) >= 11 is 1.44. The predicted molar refractivity (Wildman–Crippen MR) is 113 cm³/mol. The van der Waals surface area contributed by atoms with Gasteiger partial charge in [0.25, 0.3) is 0 Å². The lowest BCUT2D eigenvalue weighted by Crippen LogP contribution is -2.36. The molecule has 0 radical (unpaired) electrons. The number of aromatic nitrogens is 3. The number of methoxy groups -OCH3 is 1. The topological polar surface area (TPSA) is 92.6 Å². The highest BCUT2D eigenvalue weighted by Crippen LogP contribution is 2.33. The molecule has 1 aliphatic heterocycles. The highest BCUT2D eigenvalue weighted by Gasteiger charge is 2.16. The fourth-order valence-corrected chi connectivity index (χ4v) is 4.15. The summed E-state index contributed by atoms with van der Waals surface area (Å²) in [7, 11) is 1.67. The summed E-state index contributed by atoms with van der Waals surface area (Å²) in [5, 5.41) is 13.2. The standard InChI is InChI=1S/C20H23N5O3S/c1-13-19(29-18(12-26)22-13)15-5-6-21-20(24-15)23-14-3-4-16(17(11-14)27-2)25-7-9-28-10-8-25/h3-6,11,26H,7-10,12H2,1-2H3,(H,21,23,24). The zero-order valence-electron chi connectivity index (χ0n) is 16.4. The van der Waals surface area contributed by atoms with E-state index in [-0.39, 0.29) is 6.61 Å².